The van der Waals surface area contributed by atoms with E-state index in [0.717, 1.165) is 12.8 Å². The van der Waals surface area contributed by atoms with Crippen LogP contribution < -0.4 is 0 Å². The van der Waals surface area contributed by atoms with Crippen molar-refractivity contribution < 1.29 is 14.6 Å². The lowest BCUT2D eigenvalue weighted by Crippen LogP contribution is -2.45. The van der Waals surface area contributed by atoms with Crippen molar-refractivity contribution in [3.63, 3.8) is 0 Å². The van der Waals surface area contributed by atoms with Crippen LogP contribution in [0.25, 0.3) is 0 Å². The third-order valence-corrected chi connectivity index (χ3v) is 4.33. The number of aliphatic hydroxyl groups excluding tert-OH is 1. The molecule has 1 heterocycles. The van der Waals surface area contributed by atoms with E-state index in [1.54, 1.807) is 0 Å². The number of aliphatic hydroxyl groups is 1. The van der Waals surface area contributed by atoms with Gasteiger partial charge in [0.2, 0.25) is 0 Å². The molecule has 0 aromatic carbocycles. The van der Waals surface area contributed by atoms with Crippen molar-refractivity contribution in [3.05, 3.63) is 0 Å². The van der Waals surface area contributed by atoms with Crippen LogP contribution in [0, 0.1) is 11.3 Å². The lowest BCUT2D eigenvalue weighted by atomic mass is 9.61. The fourth-order valence-corrected chi connectivity index (χ4v) is 3.58. The Morgan fingerprint density at radius 1 is 1.50 bits per heavy atom. The van der Waals surface area contributed by atoms with Crippen LogP contribution in [0.5, 0.6) is 0 Å². The number of ketones is 1. The summed E-state index contributed by atoms with van der Waals surface area (Å²) in [6, 6.07) is 0. The van der Waals surface area contributed by atoms with E-state index in [0.29, 0.717) is 31.1 Å². The van der Waals surface area contributed by atoms with E-state index in [9.17, 15) is 9.90 Å². The second-order valence-electron chi connectivity index (χ2n) is 6.13. The molecule has 2 rings (SSSR count). The van der Waals surface area contributed by atoms with Crippen molar-refractivity contribution in [3.8, 4) is 0 Å². The van der Waals surface area contributed by atoms with Gasteiger partial charge in [-0.1, -0.05) is 6.92 Å². The van der Waals surface area contributed by atoms with Crippen LogP contribution in [-0.2, 0) is 9.53 Å². The Balaban J connectivity index is 2.14. The van der Waals surface area contributed by atoms with Gasteiger partial charge in [-0.2, -0.15) is 0 Å². The number of hydrogen-bond donors (Lipinski definition) is 1. The maximum absolute atomic E-state index is 11.7. The van der Waals surface area contributed by atoms with Gasteiger partial charge in [-0.3, -0.25) is 4.79 Å². The average molecular weight is 226 g/mol. The predicted molar refractivity (Wildman–Crippen MR) is 61.1 cm³/mol. The van der Waals surface area contributed by atoms with E-state index < -0.39 is 0 Å². The zero-order valence-corrected chi connectivity index (χ0v) is 10.5. The molecule has 0 aromatic heterocycles. The molecular formula is C13H22O3. The Kier molecular flexibility index (Phi) is 2.87. The Labute approximate surface area is 97.2 Å². The maximum atomic E-state index is 11.7. The highest BCUT2D eigenvalue weighted by atomic mass is 16.5. The second-order valence-corrected chi connectivity index (χ2v) is 6.13. The van der Waals surface area contributed by atoms with E-state index in [2.05, 4.69) is 13.8 Å². The Morgan fingerprint density at radius 3 is 2.75 bits per heavy atom. The van der Waals surface area contributed by atoms with Gasteiger partial charge in [0.25, 0.3) is 0 Å². The SMILES string of the molecule is CC(O)CCC1C2(C)COC1(C)CC(=O)C2. The molecule has 1 N–H and O–H groups in total. The molecule has 2 bridgehead atoms. The Morgan fingerprint density at radius 2 is 2.19 bits per heavy atom. The molecule has 2 fully saturated rings. The first-order valence-corrected chi connectivity index (χ1v) is 6.19. The Bertz CT molecular complexity index is 278. The first-order valence-electron chi connectivity index (χ1n) is 6.19. The minimum Gasteiger partial charge on any atom is -0.393 e. The summed E-state index contributed by atoms with van der Waals surface area (Å²) < 4.78 is 5.88. The molecule has 1 saturated heterocycles. The molecule has 1 aliphatic carbocycles. The lowest BCUT2D eigenvalue weighted by Gasteiger charge is -2.41. The van der Waals surface area contributed by atoms with Crippen molar-refractivity contribution in [1.82, 2.24) is 0 Å². The fourth-order valence-electron chi connectivity index (χ4n) is 3.58. The van der Waals surface area contributed by atoms with Gasteiger partial charge in [0, 0.05) is 18.3 Å². The zero-order chi connectivity index (χ0) is 12.0. The summed E-state index contributed by atoms with van der Waals surface area (Å²) in [6.45, 7) is 6.73. The van der Waals surface area contributed by atoms with Gasteiger partial charge in [0.15, 0.2) is 0 Å². The summed E-state index contributed by atoms with van der Waals surface area (Å²) in [5.74, 6) is 0.739. The van der Waals surface area contributed by atoms with Gasteiger partial charge in [0.1, 0.15) is 5.78 Å². The average Bonchev–Trinajstić information content (AvgIpc) is 2.27. The van der Waals surface area contributed by atoms with Crippen LogP contribution in [0.4, 0.5) is 0 Å². The van der Waals surface area contributed by atoms with E-state index in [4.69, 9.17) is 4.74 Å². The van der Waals surface area contributed by atoms with Crippen molar-refractivity contribution in [1.29, 1.82) is 0 Å². The fraction of sp³-hybridized carbons (Fsp3) is 0.923. The Hall–Kier alpha value is -0.410. The van der Waals surface area contributed by atoms with Crippen LogP contribution in [-0.4, -0.2) is 29.2 Å². The summed E-state index contributed by atoms with van der Waals surface area (Å²) in [4.78, 5) is 11.7. The van der Waals surface area contributed by atoms with E-state index in [1.165, 1.54) is 0 Å². The smallest absolute Gasteiger partial charge is 0.136 e. The molecule has 1 aliphatic heterocycles. The zero-order valence-electron chi connectivity index (χ0n) is 10.5. The predicted octanol–water partition coefficient (Wildman–Crippen LogP) is 1.92. The van der Waals surface area contributed by atoms with Gasteiger partial charge >= 0.3 is 0 Å². The normalized spacial score (nSPS) is 44.8. The van der Waals surface area contributed by atoms with Gasteiger partial charge in [-0.15, -0.1) is 0 Å². The van der Waals surface area contributed by atoms with Crippen molar-refractivity contribution in [2.45, 2.75) is 58.2 Å². The maximum Gasteiger partial charge on any atom is 0.136 e. The standard InChI is InChI=1S/C13H22O3/c1-9(14)4-5-11-12(2)6-10(15)7-13(11,3)16-8-12/h9,11,14H,4-8H2,1-3H3. The molecule has 0 radical (unpaired) electrons. The minimum atomic E-state index is -0.279. The summed E-state index contributed by atoms with van der Waals surface area (Å²) in [5, 5.41) is 9.39. The van der Waals surface area contributed by atoms with Gasteiger partial charge < -0.3 is 9.84 Å². The monoisotopic (exact) mass is 226 g/mol. The highest BCUT2D eigenvalue weighted by molar-refractivity contribution is 5.81. The van der Waals surface area contributed by atoms with Crippen LogP contribution in [0.15, 0.2) is 0 Å². The molecular weight excluding hydrogens is 204 g/mol. The quantitative estimate of drug-likeness (QED) is 0.799. The van der Waals surface area contributed by atoms with Crippen LogP contribution >= 0.6 is 0 Å². The summed E-state index contributed by atoms with van der Waals surface area (Å²) in [6.07, 6.45) is 2.69. The molecule has 3 nitrogen and oxygen atoms in total. The molecule has 1 saturated carbocycles. The molecule has 4 atom stereocenters. The second kappa shape index (κ2) is 3.81. The third kappa shape index (κ3) is 1.91. The van der Waals surface area contributed by atoms with Crippen molar-refractivity contribution >= 4 is 5.78 Å². The van der Waals surface area contributed by atoms with Crippen molar-refractivity contribution in [2.24, 2.45) is 11.3 Å². The van der Waals surface area contributed by atoms with Gasteiger partial charge in [-0.05, 0) is 32.6 Å². The number of carbonyl (C=O) groups is 1. The highest BCUT2D eigenvalue weighted by Crippen LogP contribution is 2.54. The van der Waals surface area contributed by atoms with Gasteiger partial charge in [-0.25, -0.2) is 0 Å². The number of Topliss-reactive ketones (excluding diaryl/α,β-unsaturated/α-hetero) is 1. The molecule has 92 valence electrons. The third-order valence-electron chi connectivity index (χ3n) is 4.33. The number of rotatable bonds is 3. The minimum absolute atomic E-state index is 0.00102. The van der Waals surface area contributed by atoms with E-state index in [1.807, 2.05) is 6.92 Å². The van der Waals surface area contributed by atoms with Crippen LogP contribution in [0.2, 0.25) is 0 Å². The number of hydrogen-bond acceptors (Lipinski definition) is 3. The summed E-state index contributed by atoms with van der Waals surface area (Å²) in [7, 11) is 0. The molecule has 2 aliphatic rings. The summed E-state index contributed by atoms with van der Waals surface area (Å²) >= 11 is 0. The van der Waals surface area contributed by atoms with E-state index >= 15 is 0 Å². The number of carbonyl (C=O) groups excluding carboxylic acids is 1. The first-order chi connectivity index (χ1) is 7.36. The van der Waals surface area contributed by atoms with Crippen molar-refractivity contribution in [2.75, 3.05) is 6.61 Å². The largest absolute Gasteiger partial charge is 0.393 e. The molecule has 3 heteroatoms. The first kappa shape index (κ1) is 12.1. The van der Waals surface area contributed by atoms with Gasteiger partial charge in [0.05, 0.1) is 18.3 Å². The molecule has 4 unspecified atom stereocenters. The number of ether oxygens (including phenoxy) is 1. The molecule has 0 spiro atoms. The molecule has 16 heavy (non-hydrogen) atoms. The lowest BCUT2D eigenvalue weighted by molar-refractivity contribution is -0.130. The topological polar surface area (TPSA) is 46.5 Å². The van der Waals surface area contributed by atoms with E-state index in [-0.39, 0.29) is 17.1 Å². The number of fused-ring (bicyclic) bond motifs is 2. The molecule has 0 amide bonds. The highest BCUT2D eigenvalue weighted by Gasteiger charge is 2.57. The molecule has 0 aromatic rings. The summed E-state index contributed by atoms with van der Waals surface area (Å²) in [5.41, 5.74) is -0.280. The van der Waals surface area contributed by atoms with Crippen LogP contribution in [0.1, 0.15) is 46.5 Å². The van der Waals surface area contributed by atoms with Crippen LogP contribution in [0.3, 0.4) is 0 Å².